The number of piperidine rings is 1. The molecule has 0 bridgehead atoms. The molecule has 196 valence electrons. The number of likely N-dealkylation sites (tertiary alicyclic amines) is 1. The summed E-state index contributed by atoms with van der Waals surface area (Å²) in [4.78, 5) is 34.8. The summed E-state index contributed by atoms with van der Waals surface area (Å²) in [6, 6.07) is 11.6. The maximum Gasteiger partial charge on any atom is 0.294 e. The molecule has 2 aromatic rings. The third kappa shape index (κ3) is 6.21. The van der Waals surface area contributed by atoms with Crippen molar-refractivity contribution in [1.29, 1.82) is 0 Å². The van der Waals surface area contributed by atoms with Crippen LogP contribution in [0, 0.1) is 5.92 Å². The van der Waals surface area contributed by atoms with Gasteiger partial charge in [-0.2, -0.15) is 0 Å². The number of carbonyl (C=O) groups excluding carboxylic acids is 2. The lowest BCUT2D eigenvalue weighted by Gasteiger charge is -2.33. The Morgan fingerprint density at radius 2 is 1.86 bits per heavy atom. The smallest absolute Gasteiger partial charge is 0.294 e. The summed E-state index contributed by atoms with van der Waals surface area (Å²) in [5.74, 6) is 1.00. The molecule has 1 aromatic carbocycles. The molecule has 3 heterocycles. The predicted molar refractivity (Wildman–Crippen MR) is 145 cm³/mol. The number of hydrogen-bond donors (Lipinski definition) is 1. The van der Waals surface area contributed by atoms with Crippen molar-refractivity contribution in [2.75, 3.05) is 31.1 Å². The van der Waals surface area contributed by atoms with E-state index in [1.165, 1.54) is 38.5 Å². The Labute approximate surface area is 219 Å². The fourth-order valence-electron chi connectivity index (χ4n) is 5.74. The summed E-state index contributed by atoms with van der Waals surface area (Å²) < 4.78 is 5.94. The second-order valence-corrected chi connectivity index (χ2v) is 10.6. The maximum absolute atomic E-state index is 13.5. The molecule has 1 atom stereocenters. The zero-order chi connectivity index (χ0) is 25.6. The van der Waals surface area contributed by atoms with E-state index in [4.69, 9.17) is 4.74 Å². The van der Waals surface area contributed by atoms with Crippen LogP contribution in [-0.2, 0) is 4.79 Å². The molecule has 1 aliphatic carbocycles. The van der Waals surface area contributed by atoms with Crippen LogP contribution < -0.4 is 15.0 Å². The van der Waals surface area contributed by atoms with Crippen LogP contribution >= 0.6 is 0 Å². The number of anilines is 1. The SMILES string of the molecule is CC1CCCCN1CCNC(=O)c1ccc(/C=C2\Oc3ncccc3N(CC3CCCCC3)C2=O)cc1. The highest BCUT2D eigenvalue weighted by Gasteiger charge is 2.33. The molecule has 2 amide bonds. The van der Waals surface area contributed by atoms with Gasteiger partial charge in [-0.1, -0.05) is 37.8 Å². The summed E-state index contributed by atoms with van der Waals surface area (Å²) in [5.41, 5.74) is 2.15. The second kappa shape index (κ2) is 11.9. The number of pyridine rings is 1. The van der Waals surface area contributed by atoms with Gasteiger partial charge in [0.1, 0.15) is 5.69 Å². The topological polar surface area (TPSA) is 74.8 Å². The van der Waals surface area contributed by atoms with E-state index in [2.05, 4.69) is 22.1 Å². The van der Waals surface area contributed by atoms with E-state index in [0.717, 1.165) is 37.2 Å². The van der Waals surface area contributed by atoms with Crippen LogP contribution in [0.4, 0.5) is 5.69 Å². The minimum absolute atomic E-state index is 0.0781. The number of rotatable bonds is 7. The van der Waals surface area contributed by atoms with E-state index in [1.807, 2.05) is 29.2 Å². The monoisotopic (exact) mass is 502 g/mol. The maximum atomic E-state index is 13.5. The molecule has 0 spiro atoms. The number of amides is 2. The number of nitrogens with zero attached hydrogens (tertiary/aromatic N) is 3. The van der Waals surface area contributed by atoms with Gasteiger partial charge in [-0.15, -0.1) is 0 Å². The van der Waals surface area contributed by atoms with Gasteiger partial charge in [0.25, 0.3) is 11.8 Å². The minimum Gasteiger partial charge on any atom is -0.431 e. The molecule has 1 unspecified atom stereocenters. The van der Waals surface area contributed by atoms with Crippen molar-refractivity contribution in [1.82, 2.24) is 15.2 Å². The molecular formula is C30H38N4O3. The first-order valence-corrected chi connectivity index (χ1v) is 13.9. The Morgan fingerprint density at radius 1 is 1.08 bits per heavy atom. The Hall–Kier alpha value is -3.19. The first-order valence-electron chi connectivity index (χ1n) is 13.9. The van der Waals surface area contributed by atoms with Crippen LogP contribution in [-0.4, -0.2) is 53.9 Å². The lowest BCUT2D eigenvalue weighted by molar-refractivity contribution is -0.117. The van der Waals surface area contributed by atoms with Crippen LogP contribution in [0.5, 0.6) is 5.88 Å². The molecule has 5 rings (SSSR count). The Balaban J connectivity index is 1.24. The number of hydrogen-bond acceptors (Lipinski definition) is 5. The molecule has 1 saturated heterocycles. The van der Waals surface area contributed by atoms with E-state index >= 15 is 0 Å². The first kappa shape index (κ1) is 25.5. The predicted octanol–water partition coefficient (Wildman–Crippen LogP) is 5.03. The highest BCUT2D eigenvalue weighted by atomic mass is 16.5. The second-order valence-electron chi connectivity index (χ2n) is 10.6. The largest absolute Gasteiger partial charge is 0.431 e. The molecule has 2 fully saturated rings. The Morgan fingerprint density at radius 3 is 2.65 bits per heavy atom. The molecule has 3 aliphatic rings. The third-order valence-electron chi connectivity index (χ3n) is 7.97. The summed E-state index contributed by atoms with van der Waals surface area (Å²) in [6.45, 7) is 5.58. The number of aromatic nitrogens is 1. The number of nitrogens with one attached hydrogen (secondary N) is 1. The van der Waals surface area contributed by atoms with E-state index in [1.54, 1.807) is 24.4 Å². The van der Waals surface area contributed by atoms with Gasteiger partial charge < -0.3 is 15.0 Å². The number of fused-ring (bicyclic) bond motifs is 1. The number of carbonyl (C=O) groups is 2. The molecule has 0 radical (unpaired) electrons. The Kier molecular flexibility index (Phi) is 8.19. The molecule has 37 heavy (non-hydrogen) atoms. The normalized spacial score (nSPS) is 22.0. The summed E-state index contributed by atoms with van der Waals surface area (Å²) in [6.07, 6.45) is 13.2. The summed E-state index contributed by atoms with van der Waals surface area (Å²) >= 11 is 0. The fraction of sp³-hybridized carbons (Fsp3) is 0.500. The van der Waals surface area contributed by atoms with E-state index in [0.29, 0.717) is 36.5 Å². The summed E-state index contributed by atoms with van der Waals surface area (Å²) in [5, 5.41) is 3.04. The van der Waals surface area contributed by atoms with Crippen molar-refractivity contribution >= 4 is 23.6 Å². The van der Waals surface area contributed by atoms with Crippen molar-refractivity contribution < 1.29 is 14.3 Å². The van der Waals surface area contributed by atoms with Crippen LogP contribution in [0.2, 0.25) is 0 Å². The standard InChI is InChI=1S/C30H38N4O3/c1-22-8-5-6-18-33(22)19-17-31-28(35)25-14-12-23(13-15-25)20-27-30(36)34(21-24-9-3-2-4-10-24)26-11-7-16-32-29(26)37-27/h7,11-16,20,22,24H,2-6,8-10,17-19,21H2,1H3,(H,31,35)/b27-20-. The zero-order valence-corrected chi connectivity index (χ0v) is 21.8. The number of ether oxygens (including phenoxy) is 1. The van der Waals surface area contributed by atoms with Crippen LogP contribution in [0.3, 0.4) is 0 Å². The van der Waals surface area contributed by atoms with Crippen LogP contribution in [0.1, 0.15) is 74.2 Å². The molecule has 1 N–H and O–H groups in total. The molecule has 7 nitrogen and oxygen atoms in total. The average Bonchev–Trinajstić information content (AvgIpc) is 2.93. The fourth-order valence-corrected chi connectivity index (χ4v) is 5.74. The first-order chi connectivity index (χ1) is 18.1. The van der Waals surface area contributed by atoms with E-state index in [9.17, 15) is 9.59 Å². The van der Waals surface area contributed by atoms with Crippen molar-refractivity contribution in [3.05, 3.63) is 59.5 Å². The van der Waals surface area contributed by atoms with Gasteiger partial charge in [0.05, 0.1) is 0 Å². The number of benzene rings is 1. The zero-order valence-electron chi connectivity index (χ0n) is 21.8. The van der Waals surface area contributed by atoms with Crippen LogP contribution in [0.15, 0.2) is 48.4 Å². The van der Waals surface area contributed by atoms with Crippen molar-refractivity contribution in [2.45, 2.75) is 64.3 Å². The molecule has 1 saturated carbocycles. The van der Waals surface area contributed by atoms with Crippen LogP contribution in [0.25, 0.3) is 6.08 Å². The van der Waals surface area contributed by atoms with Gasteiger partial charge in [0, 0.05) is 37.4 Å². The van der Waals surface area contributed by atoms with E-state index < -0.39 is 0 Å². The van der Waals surface area contributed by atoms with Gasteiger partial charge in [-0.25, -0.2) is 4.98 Å². The van der Waals surface area contributed by atoms with Crippen molar-refractivity contribution in [3.63, 3.8) is 0 Å². The van der Waals surface area contributed by atoms with Gasteiger partial charge in [0.2, 0.25) is 5.88 Å². The van der Waals surface area contributed by atoms with Gasteiger partial charge >= 0.3 is 0 Å². The molecule has 2 aliphatic heterocycles. The van der Waals surface area contributed by atoms with Gasteiger partial charge in [-0.3, -0.25) is 14.5 Å². The van der Waals surface area contributed by atoms with Gasteiger partial charge in [-0.05, 0) is 81.0 Å². The molecule has 1 aromatic heterocycles. The minimum atomic E-state index is -0.139. The van der Waals surface area contributed by atoms with E-state index in [-0.39, 0.29) is 17.6 Å². The third-order valence-corrected chi connectivity index (χ3v) is 7.97. The lowest BCUT2D eigenvalue weighted by atomic mass is 9.88. The summed E-state index contributed by atoms with van der Waals surface area (Å²) in [7, 11) is 0. The quantitative estimate of drug-likeness (QED) is 0.538. The lowest BCUT2D eigenvalue weighted by Crippen LogP contribution is -2.42. The average molecular weight is 503 g/mol. The Bertz CT molecular complexity index is 1120. The molecular weight excluding hydrogens is 464 g/mol. The highest BCUT2D eigenvalue weighted by Crippen LogP contribution is 2.36. The highest BCUT2D eigenvalue weighted by molar-refractivity contribution is 6.09. The molecule has 7 heteroatoms. The van der Waals surface area contributed by atoms with Crippen molar-refractivity contribution in [2.24, 2.45) is 5.92 Å². The van der Waals surface area contributed by atoms with Gasteiger partial charge in [0.15, 0.2) is 5.76 Å². The van der Waals surface area contributed by atoms with Crippen molar-refractivity contribution in [3.8, 4) is 5.88 Å².